The summed E-state index contributed by atoms with van der Waals surface area (Å²) in [6, 6.07) is 12.7. The molecular weight excluding hydrogens is 414 g/mol. The maximum Gasteiger partial charge on any atom is 0.278 e. The number of nitro groups is 1. The zero-order chi connectivity index (χ0) is 23.1. The Morgan fingerprint density at radius 1 is 1.00 bits per heavy atom. The number of benzene rings is 2. The molecule has 0 spiro atoms. The summed E-state index contributed by atoms with van der Waals surface area (Å²) in [6.45, 7) is 5.34. The molecule has 1 aliphatic rings. The highest BCUT2D eigenvalue weighted by molar-refractivity contribution is 6.36. The molecule has 2 aromatic rings. The molecule has 32 heavy (non-hydrogen) atoms. The van der Waals surface area contributed by atoms with Crippen molar-refractivity contribution in [1.29, 1.82) is 0 Å². The van der Waals surface area contributed by atoms with Crippen LogP contribution in [0.3, 0.4) is 0 Å². The van der Waals surface area contributed by atoms with Crippen LogP contribution >= 0.6 is 0 Å². The van der Waals surface area contributed by atoms with Gasteiger partial charge in [-0.05, 0) is 50.1 Å². The Morgan fingerprint density at radius 2 is 1.72 bits per heavy atom. The molecule has 0 radical (unpaired) electrons. The number of para-hydroxylation sites is 2. The summed E-state index contributed by atoms with van der Waals surface area (Å²) in [5.74, 6) is -0.386. The summed E-state index contributed by atoms with van der Waals surface area (Å²) in [4.78, 5) is 38.1. The van der Waals surface area contributed by atoms with Crippen molar-refractivity contribution in [2.45, 2.75) is 20.3 Å². The number of ether oxygens (including phenoxy) is 2. The number of nitrogens with one attached hydrogen (secondary N) is 1. The standard InChI is InChI=1S/C23H25N3O6/c1-3-31-15-7-14-25-22(27)20(16-10-12-17(13-11-16)26(29)30)21(23(25)28)24-18-8-5-6-9-19(18)32-4-2/h5-6,8-13,24H,3-4,7,14-15H2,1-2H3. The Hall–Kier alpha value is -3.72. The van der Waals surface area contributed by atoms with Crippen molar-refractivity contribution in [2.75, 3.05) is 31.7 Å². The summed E-state index contributed by atoms with van der Waals surface area (Å²) < 4.78 is 10.9. The minimum atomic E-state index is -0.517. The van der Waals surface area contributed by atoms with E-state index < -0.39 is 16.7 Å². The Morgan fingerprint density at radius 3 is 2.38 bits per heavy atom. The molecule has 2 aromatic carbocycles. The van der Waals surface area contributed by atoms with E-state index in [9.17, 15) is 19.7 Å². The van der Waals surface area contributed by atoms with Crippen molar-refractivity contribution in [3.05, 3.63) is 69.9 Å². The predicted octanol–water partition coefficient (Wildman–Crippen LogP) is 3.61. The number of carbonyl (C=O) groups excluding carboxylic acids is 2. The van der Waals surface area contributed by atoms with Crippen LogP contribution in [0.25, 0.3) is 5.57 Å². The van der Waals surface area contributed by atoms with Crippen molar-refractivity contribution in [2.24, 2.45) is 0 Å². The maximum atomic E-state index is 13.2. The number of hydrogen-bond acceptors (Lipinski definition) is 7. The maximum absolute atomic E-state index is 13.2. The molecule has 0 fully saturated rings. The molecule has 0 atom stereocenters. The predicted molar refractivity (Wildman–Crippen MR) is 119 cm³/mol. The first-order chi connectivity index (χ1) is 15.5. The van der Waals surface area contributed by atoms with Gasteiger partial charge in [-0.2, -0.15) is 0 Å². The fourth-order valence-electron chi connectivity index (χ4n) is 3.37. The Kier molecular flexibility index (Phi) is 7.56. The number of carbonyl (C=O) groups is 2. The first-order valence-corrected chi connectivity index (χ1v) is 10.4. The molecule has 9 heteroatoms. The van der Waals surface area contributed by atoms with Gasteiger partial charge in [0.15, 0.2) is 0 Å². The topological polar surface area (TPSA) is 111 Å². The fourth-order valence-corrected chi connectivity index (χ4v) is 3.37. The number of nitro benzene ring substituents is 1. The number of non-ortho nitro benzene ring substituents is 1. The van der Waals surface area contributed by atoms with Gasteiger partial charge < -0.3 is 14.8 Å². The van der Waals surface area contributed by atoms with Crippen LogP contribution in [-0.4, -0.2) is 48.0 Å². The van der Waals surface area contributed by atoms with Gasteiger partial charge in [0.1, 0.15) is 11.4 Å². The molecule has 0 saturated heterocycles. The van der Waals surface area contributed by atoms with E-state index >= 15 is 0 Å². The number of anilines is 1. The van der Waals surface area contributed by atoms with Crippen LogP contribution in [-0.2, 0) is 14.3 Å². The van der Waals surface area contributed by atoms with Crippen LogP contribution in [0.5, 0.6) is 5.75 Å². The minimum absolute atomic E-state index is 0.101. The largest absolute Gasteiger partial charge is 0.492 e. The lowest BCUT2D eigenvalue weighted by atomic mass is 10.0. The van der Waals surface area contributed by atoms with Crippen LogP contribution < -0.4 is 10.1 Å². The lowest BCUT2D eigenvalue weighted by molar-refractivity contribution is -0.384. The highest BCUT2D eigenvalue weighted by Crippen LogP contribution is 2.34. The van der Waals surface area contributed by atoms with E-state index in [0.29, 0.717) is 43.2 Å². The van der Waals surface area contributed by atoms with Crippen LogP contribution in [0.4, 0.5) is 11.4 Å². The molecule has 3 rings (SSSR count). The van der Waals surface area contributed by atoms with E-state index in [1.54, 1.807) is 18.2 Å². The van der Waals surface area contributed by atoms with E-state index in [4.69, 9.17) is 9.47 Å². The number of nitrogens with zero attached hydrogens (tertiary/aromatic N) is 2. The lowest BCUT2D eigenvalue weighted by Crippen LogP contribution is -2.34. The first-order valence-electron chi connectivity index (χ1n) is 10.4. The van der Waals surface area contributed by atoms with Gasteiger partial charge >= 0.3 is 0 Å². The summed E-state index contributed by atoms with van der Waals surface area (Å²) in [5, 5.41) is 14.1. The Bertz CT molecular complexity index is 1030. The number of hydrogen-bond donors (Lipinski definition) is 1. The molecule has 0 saturated carbocycles. The molecule has 0 bridgehead atoms. The van der Waals surface area contributed by atoms with Gasteiger partial charge in [0.05, 0.1) is 22.8 Å². The second-order valence-corrected chi connectivity index (χ2v) is 6.92. The van der Waals surface area contributed by atoms with Crippen molar-refractivity contribution >= 4 is 28.8 Å². The molecule has 1 heterocycles. The summed E-state index contributed by atoms with van der Waals surface area (Å²) in [6.07, 6.45) is 0.502. The third kappa shape index (κ3) is 4.94. The monoisotopic (exact) mass is 439 g/mol. The highest BCUT2D eigenvalue weighted by atomic mass is 16.6. The number of rotatable bonds is 11. The van der Waals surface area contributed by atoms with Gasteiger partial charge in [-0.25, -0.2) is 0 Å². The van der Waals surface area contributed by atoms with E-state index in [1.807, 2.05) is 19.9 Å². The van der Waals surface area contributed by atoms with E-state index in [2.05, 4.69) is 5.32 Å². The smallest absolute Gasteiger partial charge is 0.278 e. The average molecular weight is 439 g/mol. The van der Waals surface area contributed by atoms with Crippen molar-refractivity contribution < 1.29 is 24.0 Å². The minimum Gasteiger partial charge on any atom is -0.492 e. The summed E-state index contributed by atoms with van der Waals surface area (Å²) in [7, 11) is 0. The summed E-state index contributed by atoms with van der Waals surface area (Å²) >= 11 is 0. The third-order valence-electron chi connectivity index (χ3n) is 4.86. The molecular formula is C23H25N3O6. The molecule has 1 aliphatic heterocycles. The fraction of sp³-hybridized carbons (Fsp3) is 0.304. The molecule has 2 amide bonds. The SMILES string of the molecule is CCOCCCN1C(=O)C(Nc2ccccc2OCC)=C(c2ccc([N+](=O)[O-])cc2)C1=O. The first kappa shape index (κ1) is 23.0. The van der Waals surface area contributed by atoms with Crippen molar-refractivity contribution in [3.8, 4) is 5.75 Å². The molecule has 168 valence electrons. The molecule has 0 unspecified atom stereocenters. The normalized spacial score (nSPS) is 13.6. The van der Waals surface area contributed by atoms with E-state index in [-0.39, 0.29) is 23.5 Å². The van der Waals surface area contributed by atoms with E-state index in [1.165, 1.54) is 29.2 Å². The van der Waals surface area contributed by atoms with E-state index in [0.717, 1.165) is 0 Å². The lowest BCUT2D eigenvalue weighted by Gasteiger charge is -2.16. The molecule has 9 nitrogen and oxygen atoms in total. The van der Waals surface area contributed by atoms with Crippen molar-refractivity contribution in [3.63, 3.8) is 0 Å². The third-order valence-corrected chi connectivity index (χ3v) is 4.86. The van der Waals surface area contributed by atoms with Crippen LogP contribution in [0.1, 0.15) is 25.8 Å². The summed E-state index contributed by atoms with van der Waals surface area (Å²) in [5.41, 5.74) is 1.12. The van der Waals surface area contributed by atoms with Gasteiger partial charge in [0.2, 0.25) is 0 Å². The molecule has 1 N–H and O–H groups in total. The molecule has 0 aliphatic carbocycles. The number of amides is 2. The zero-order valence-corrected chi connectivity index (χ0v) is 18.0. The Labute approximate surface area is 185 Å². The van der Waals surface area contributed by atoms with Crippen molar-refractivity contribution in [1.82, 2.24) is 4.90 Å². The van der Waals surface area contributed by atoms with Crippen LogP contribution in [0.2, 0.25) is 0 Å². The van der Waals surface area contributed by atoms with Gasteiger partial charge in [-0.1, -0.05) is 12.1 Å². The highest BCUT2D eigenvalue weighted by Gasteiger charge is 2.39. The van der Waals surface area contributed by atoms with Crippen LogP contribution in [0.15, 0.2) is 54.2 Å². The second kappa shape index (κ2) is 10.5. The zero-order valence-electron chi connectivity index (χ0n) is 18.0. The van der Waals surface area contributed by atoms with Gasteiger partial charge in [-0.3, -0.25) is 24.6 Å². The Balaban J connectivity index is 1.99. The second-order valence-electron chi connectivity index (χ2n) is 6.92. The molecule has 0 aromatic heterocycles. The number of imide groups is 1. The van der Waals surface area contributed by atoms with Gasteiger partial charge in [-0.15, -0.1) is 0 Å². The van der Waals surface area contributed by atoms with Gasteiger partial charge in [0, 0.05) is 31.9 Å². The van der Waals surface area contributed by atoms with Gasteiger partial charge in [0.25, 0.3) is 17.5 Å². The average Bonchev–Trinajstić information content (AvgIpc) is 3.02. The van der Waals surface area contributed by atoms with Crippen LogP contribution in [0, 0.1) is 10.1 Å². The quantitative estimate of drug-likeness (QED) is 0.246.